The minimum absolute atomic E-state index is 0.331. The molecule has 1 atom stereocenters. The molecule has 7 nitrogen and oxygen atoms in total. The lowest BCUT2D eigenvalue weighted by molar-refractivity contribution is -0.148. The van der Waals surface area contributed by atoms with Gasteiger partial charge in [0.25, 0.3) is 5.91 Å². The maximum absolute atomic E-state index is 12.1. The first-order valence-corrected chi connectivity index (χ1v) is 9.21. The van der Waals surface area contributed by atoms with Crippen molar-refractivity contribution < 1.29 is 23.9 Å². The van der Waals surface area contributed by atoms with Crippen molar-refractivity contribution in [3.8, 4) is 5.75 Å². The number of benzene rings is 2. The third kappa shape index (κ3) is 7.14. The van der Waals surface area contributed by atoms with Crippen LogP contribution in [0.1, 0.15) is 36.2 Å². The number of carbonyl (C=O) groups is 3. The Balaban J connectivity index is 1.84. The molecule has 2 aromatic rings. The van der Waals surface area contributed by atoms with Crippen LogP contribution in [0.5, 0.6) is 5.75 Å². The van der Waals surface area contributed by atoms with Crippen molar-refractivity contribution in [3.05, 3.63) is 65.7 Å². The summed E-state index contributed by atoms with van der Waals surface area (Å²) in [5.41, 5.74) is 6.76. The Morgan fingerprint density at radius 1 is 1.07 bits per heavy atom. The molecule has 152 valence electrons. The number of anilines is 1. The first-order chi connectivity index (χ1) is 13.9. The molecule has 0 aliphatic heterocycles. The van der Waals surface area contributed by atoms with Crippen LogP contribution in [-0.2, 0) is 14.3 Å². The van der Waals surface area contributed by atoms with Crippen molar-refractivity contribution in [2.75, 3.05) is 11.9 Å². The van der Waals surface area contributed by atoms with Crippen molar-refractivity contribution in [1.29, 1.82) is 0 Å². The van der Waals surface area contributed by atoms with Crippen LogP contribution in [0.3, 0.4) is 0 Å². The molecule has 0 aromatic heterocycles. The summed E-state index contributed by atoms with van der Waals surface area (Å²) >= 11 is 0. The fourth-order valence-electron chi connectivity index (χ4n) is 2.29. The molecule has 0 radical (unpaired) electrons. The van der Waals surface area contributed by atoms with E-state index in [1.165, 1.54) is 25.1 Å². The molecular weight excluding hydrogens is 372 g/mol. The zero-order valence-corrected chi connectivity index (χ0v) is 16.4. The number of primary amides is 1. The van der Waals surface area contributed by atoms with Crippen LogP contribution in [-0.4, -0.2) is 30.5 Å². The molecule has 0 saturated carbocycles. The van der Waals surface area contributed by atoms with Crippen LogP contribution < -0.4 is 15.8 Å². The minimum atomic E-state index is -0.993. The summed E-state index contributed by atoms with van der Waals surface area (Å²) in [7, 11) is 0. The highest BCUT2D eigenvalue weighted by Gasteiger charge is 2.16. The van der Waals surface area contributed by atoms with Gasteiger partial charge in [-0.05, 0) is 61.4 Å². The summed E-state index contributed by atoms with van der Waals surface area (Å²) in [6, 6.07) is 13.4. The molecule has 0 bridgehead atoms. The average molecular weight is 396 g/mol. The van der Waals surface area contributed by atoms with Gasteiger partial charge in [-0.1, -0.05) is 19.1 Å². The number of hydrogen-bond acceptors (Lipinski definition) is 5. The van der Waals surface area contributed by atoms with Crippen molar-refractivity contribution in [2.24, 2.45) is 5.73 Å². The van der Waals surface area contributed by atoms with Crippen molar-refractivity contribution in [3.63, 3.8) is 0 Å². The molecule has 2 amide bonds. The Kier molecular flexibility index (Phi) is 7.97. The molecule has 0 heterocycles. The second-order valence-corrected chi connectivity index (χ2v) is 6.26. The van der Waals surface area contributed by atoms with Gasteiger partial charge in [0.15, 0.2) is 6.10 Å². The molecule has 0 aliphatic rings. The van der Waals surface area contributed by atoms with Gasteiger partial charge in [-0.2, -0.15) is 0 Å². The maximum atomic E-state index is 12.1. The van der Waals surface area contributed by atoms with E-state index in [2.05, 4.69) is 5.32 Å². The number of ether oxygens (including phenoxy) is 2. The molecule has 2 rings (SSSR count). The average Bonchev–Trinajstić information content (AvgIpc) is 2.71. The molecule has 0 aliphatic carbocycles. The fourth-order valence-corrected chi connectivity index (χ4v) is 2.29. The molecule has 7 heteroatoms. The minimum Gasteiger partial charge on any atom is -0.494 e. The van der Waals surface area contributed by atoms with E-state index in [1.807, 2.05) is 31.2 Å². The van der Waals surface area contributed by atoms with Gasteiger partial charge in [0.1, 0.15) is 5.75 Å². The maximum Gasteiger partial charge on any atom is 0.331 e. The number of nitrogens with two attached hydrogens (primary N) is 1. The standard InChI is InChI=1S/C22H24N2O5/c1-3-14-28-19-11-4-16(5-12-19)6-13-20(25)29-15(2)22(27)24-18-9-7-17(8-10-18)21(23)26/h4-13,15H,3,14H2,1-2H3,(H2,23,26)(H,24,27)/b13-6+. The molecule has 29 heavy (non-hydrogen) atoms. The Morgan fingerprint density at radius 2 is 1.72 bits per heavy atom. The highest BCUT2D eigenvalue weighted by Crippen LogP contribution is 2.14. The van der Waals surface area contributed by atoms with Crippen LogP contribution in [0.15, 0.2) is 54.6 Å². The number of rotatable bonds is 9. The summed E-state index contributed by atoms with van der Waals surface area (Å²) in [5.74, 6) is -0.917. The van der Waals surface area contributed by atoms with Gasteiger partial charge in [0.05, 0.1) is 6.61 Å². The largest absolute Gasteiger partial charge is 0.494 e. The first kappa shape index (κ1) is 21.7. The van der Waals surface area contributed by atoms with E-state index in [4.69, 9.17) is 15.2 Å². The van der Waals surface area contributed by atoms with Gasteiger partial charge >= 0.3 is 5.97 Å². The van der Waals surface area contributed by atoms with Gasteiger partial charge in [-0.3, -0.25) is 9.59 Å². The van der Waals surface area contributed by atoms with E-state index in [0.29, 0.717) is 17.9 Å². The van der Waals surface area contributed by atoms with Crippen LogP contribution in [0, 0.1) is 0 Å². The van der Waals surface area contributed by atoms with Gasteiger partial charge in [-0.15, -0.1) is 0 Å². The Morgan fingerprint density at radius 3 is 2.31 bits per heavy atom. The van der Waals surface area contributed by atoms with E-state index in [1.54, 1.807) is 18.2 Å². The van der Waals surface area contributed by atoms with Gasteiger partial charge in [0.2, 0.25) is 5.91 Å². The van der Waals surface area contributed by atoms with Crippen molar-refractivity contribution in [2.45, 2.75) is 26.4 Å². The summed E-state index contributed by atoms with van der Waals surface area (Å²) in [4.78, 5) is 35.1. The topological polar surface area (TPSA) is 108 Å². The quantitative estimate of drug-likeness (QED) is 0.500. The zero-order chi connectivity index (χ0) is 21.2. The lowest BCUT2D eigenvalue weighted by Crippen LogP contribution is -2.29. The van der Waals surface area contributed by atoms with E-state index in [-0.39, 0.29) is 0 Å². The van der Waals surface area contributed by atoms with E-state index in [9.17, 15) is 14.4 Å². The third-order valence-corrected chi connectivity index (χ3v) is 3.86. The monoisotopic (exact) mass is 396 g/mol. The highest BCUT2D eigenvalue weighted by atomic mass is 16.5. The predicted octanol–water partition coefficient (Wildman–Crippen LogP) is 3.16. The molecule has 3 N–H and O–H groups in total. The number of amides is 2. The van der Waals surface area contributed by atoms with Gasteiger partial charge in [-0.25, -0.2) is 4.79 Å². The summed E-state index contributed by atoms with van der Waals surface area (Å²) in [6.45, 7) is 4.15. The molecule has 0 spiro atoms. The molecule has 0 saturated heterocycles. The van der Waals surface area contributed by atoms with Crippen LogP contribution in [0.2, 0.25) is 0 Å². The predicted molar refractivity (Wildman–Crippen MR) is 110 cm³/mol. The summed E-state index contributed by atoms with van der Waals surface area (Å²) in [6.07, 6.45) is 2.79. The van der Waals surface area contributed by atoms with Crippen molar-refractivity contribution in [1.82, 2.24) is 0 Å². The zero-order valence-electron chi connectivity index (χ0n) is 16.4. The lowest BCUT2D eigenvalue weighted by Gasteiger charge is -2.12. The fraction of sp³-hybridized carbons (Fsp3) is 0.227. The first-order valence-electron chi connectivity index (χ1n) is 9.21. The number of esters is 1. The Hall–Kier alpha value is -3.61. The SMILES string of the molecule is CCCOc1ccc(/C=C/C(=O)OC(C)C(=O)Nc2ccc(C(N)=O)cc2)cc1. The second kappa shape index (κ2) is 10.7. The van der Waals surface area contributed by atoms with E-state index < -0.39 is 23.9 Å². The smallest absolute Gasteiger partial charge is 0.331 e. The van der Waals surface area contributed by atoms with Gasteiger partial charge in [0, 0.05) is 17.3 Å². The second-order valence-electron chi connectivity index (χ2n) is 6.26. The number of nitrogens with one attached hydrogen (secondary N) is 1. The normalized spacial score (nSPS) is 11.7. The van der Waals surface area contributed by atoms with Crippen LogP contribution in [0.4, 0.5) is 5.69 Å². The van der Waals surface area contributed by atoms with E-state index in [0.717, 1.165) is 17.7 Å². The molecular formula is C22H24N2O5. The highest BCUT2D eigenvalue weighted by molar-refractivity contribution is 5.97. The Bertz CT molecular complexity index is 873. The summed E-state index contributed by atoms with van der Waals surface area (Å²) < 4.78 is 10.6. The molecule has 0 fully saturated rings. The van der Waals surface area contributed by atoms with Crippen LogP contribution >= 0.6 is 0 Å². The van der Waals surface area contributed by atoms with Crippen LogP contribution in [0.25, 0.3) is 6.08 Å². The summed E-state index contributed by atoms with van der Waals surface area (Å²) in [5, 5.41) is 2.60. The third-order valence-electron chi connectivity index (χ3n) is 3.86. The number of carbonyl (C=O) groups excluding carboxylic acids is 3. The van der Waals surface area contributed by atoms with Crippen molar-refractivity contribution >= 4 is 29.5 Å². The van der Waals surface area contributed by atoms with E-state index >= 15 is 0 Å². The number of hydrogen-bond donors (Lipinski definition) is 2. The lowest BCUT2D eigenvalue weighted by atomic mass is 10.2. The van der Waals surface area contributed by atoms with Gasteiger partial charge < -0.3 is 20.5 Å². The Labute approximate surface area is 169 Å². The molecule has 2 aromatic carbocycles. The molecule has 1 unspecified atom stereocenters.